The Kier molecular flexibility index (Phi) is 8.20. The van der Waals surface area contributed by atoms with Gasteiger partial charge < -0.3 is 15.5 Å². The van der Waals surface area contributed by atoms with E-state index in [0.717, 1.165) is 12.1 Å². The van der Waals surface area contributed by atoms with Crippen LogP contribution in [-0.2, 0) is 35.5 Å². The molecule has 3 amide bonds. The van der Waals surface area contributed by atoms with Gasteiger partial charge >= 0.3 is 12.5 Å². The Morgan fingerprint density at radius 1 is 1.12 bits per heavy atom. The van der Waals surface area contributed by atoms with E-state index in [2.05, 4.69) is 15.4 Å². The molecule has 3 aliphatic rings. The Balaban J connectivity index is 1.55. The molecule has 0 bridgehead atoms. The van der Waals surface area contributed by atoms with Crippen LogP contribution in [0.25, 0.3) is 0 Å². The first-order valence-electron chi connectivity index (χ1n) is 13.2. The monoisotopic (exact) mass is 591 g/mol. The summed E-state index contributed by atoms with van der Waals surface area (Å²) in [7, 11) is 0. The van der Waals surface area contributed by atoms with Gasteiger partial charge in [-0.15, -0.1) is 13.2 Å². The molecule has 1 aliphatic carbocycles. The lowest BCUT2D eigenvalue weighted by atomic mass is 9.82. The third kappa shape index (κ3) is 7.02. The fraction of sp³-hybridized carbons (Fsp3) is 0.630. The molecule has 14 heteroatoms. The zero-order valence-corrected chi connectivity index (χ0v) is 22.5. The Bertz CT molecular complexity index is 1210. The summed E-state index contributed by atoms with van der Waals surface area (Å²) in [6.45, 7) is 2.03. The number of rotatable bonds is 9. The first-order valence-corrected chi connectivity index (χ1v) is 13.2. The summed E-state index contributed by atoms with van der Waals surface area (Å²) >= 11 is 0. The predicted molar refractivity (Wildman–Crippen MR) is 131 cm³/mol. The molecule has 2 N–H and O–H groups in total. The average molecular weight is 592 g/mol. The maximum absolute atomic E-state index is 13.8. The van der Waals surface area contributed by atoms with Crippen molar-refractivity contribution in [2.24, 2.45) is 11.3 Å². The Morgan fingerprint density at radius 3 is 2.34 bits per heavy atom. The molecule has 0 aromatic heterocycles. The van der Waals surface area contributed by atoms with Crippen LogP contribution in [0.1, 0.15) is 57.1 Å². The number of carbonyl (C=O) groups is 4. The number of carbonyl (C=O) groups excluding carboxylic acids is 4. The van der Waals surface area contributed by atoms with Crippen molar-refractivity contribution in [3.8, 4) is 0 Å². The van der Waals surface area contributed by atoms with E-state index < -0.39 is 71.6 Å². The molecule has 41 heavy (non-hydrogen) atoms. The van der Waals surface area contributed by atoms with Crippen molar-refractivity contribution in [3.05, 3.63) is 35.4 Å². The van der Waals surface area contributed by atoms with Gasteiger partial charge in [0.25, 0.3) is 0 Å². The van der Waals surface area contributed by atoms with Crippen LogP contribution in [0.5, 0.6) is 0 Å². The molecule has 8 nitrogen and oxygen atoms in total. The summed E-state index contributed by atoms with van der Waals surface area (Å²) in [4.78, 5) is 53.4. The summed E-state index contributed by atoms with van der Waals surface area (Å²) in [6, 6.07) is 1.78. The quantitative estimate of drug-likeness (QED) is 0.428. The standard InChI is InChI=1S/C27H31F6N3O5/c1-24(2,16-4-3-5-17(11-16)26(28,29)30)23(40)36-14-25(7-8-25)12-19(36)22(39)35-18(10-15-6-9-34-21(15)38)20(37)13-41-27(31,32)33/h3-5,11,15,18-19H,6-10,12-14H2,1-2H3,(H,34,38)(H,35,39)/t15-,18?,19-/m0/s1. The molecular weight excluding hydrogens is 560 g/mol. The zero-order chi connectivity index (χ0) is 30.4. The Morgan fingerprint density at radius 2 is 1.78 bits per heavy atom. The molecule has 2 heterocycles. The number of halogens is 6. The summed E-state index contributed by atoms with van der Waals surface area (Å²) in [5.41, 5.74) is -2.65. The zero-order valence-electron chi connectivity index (χ0n) is 22.5. The molecule has 0 radical (unpaired) electrons. The number of Topliss-reactive ketones (excluding diaryl/α,β-unsaturated/α-hetero) is 1. The topological polar surface area (TPSA) is 105 Å². The van der Waals surface area contributed by atoms with E-state index in [9.17, 15) is 45.5 Å². The van der Waals surface area contributed by atoms with E-state index in [-0.39, 0.29) is 30.4 Å². The van der Waals surface area contributed by atoms with Gasteiger partial charge in [-0.3, -0.25) is 23.9 Å². The Hall–Kier alpha value is -3.16. The third-order valence-electron chi connectivity index (χ3n) is 8.24. The Labute approximate surface area is 232 Å². The largest absolute Gasteiger partial charge is 0.522 e. The number of nitrogens with zero attached hydrogens (tertiary/aromatic N) is 1. The highest BCUT2D eigenvalue weighted by molar-refractivity contribution is 5.96. The van der Waals surface area contributed by atoms with Crippen LogP contribution in [0.3, 0.4) is 0 Å². The number of alkyl halides is 6. The number of hydrogen-bond acceptors (Lipinski definition) is 5. The predicted octanol–water partition coefficient (Wildman–Crippen LogP) is 3.48. The van der Waals surface area contributed by atoms with Crippen molar-refractivity contribution in [2.45, 2.75) is 76.0 Å². The summed E-state index contributed by atoms with van der Waals surface area (Å²) in [5.74, 6) is -3.58. The lowest BCUT2D eigenvalue weighted by Crippen LogP contribution is -2.54. The van der Waals surface area contributed by atoms with E-state index in [0.29, 0.717) is 25.8 Å². The number of nitrogens with one attached hydrogen (secondary N) is 2. The minimum atomic E-state index is -5.09. The van der Waals surface area contributed by atoms with Crippen LogP contribution in [-0.4, -0.2) is 66.5 Å². The van der Waals surface area contributed by atoms with Crippen molar-refractivity contribution in [2.75, 3.05) is 19.7 Å². The van der Waals surface area contributed by atoms with Gasteiger partial charge in [0.1, 0.15) is 12.6 Å². The fourth-order valence-electron chi connectivity index (χ4n) is 5.56. The van der Waals surface area contributed by atoms with E-state index >= 15 is 0 Å². The molecule has 226 valence electrons. The van der Waals surface area contributed by atoms with Gasteiger partial charge in [0.2, 0.25) is 17.7 Å². The van der Waals surface area contributed by atoms with Gasteiger partial charge in [-0.25, -0.2) is 0 Å². The van der Waals surface area contributed by atoms with Gasteiger partial charge in [-0.1, -0.05) is 18.2 Å². The number of ketones is 1. The lowest BCUT2D eigenvalue weighted by molar-refractivity contribution is -0.321. The second-order valence-corrected chi connectivity index (χ2v) is 11.6. The number of benzene rings is 1. The summed E-state index contributed by atoms with van der Waals surface area (Å²) in [6.07, 6.45) is -7.98. The SMILES string of the molecule is CC(C)(C(=O)N1CC2(CC2)C[C@H]1C(=O)NC(C[C@@H]1CCNC1=O)C(=O)COC(F)(F)F)c1cccc(C(F)(F)F)c1. The van der Waals surface area contributed by atoms with Gasteiger partial charge in [-0.05, 0) is 63.0 Å². The molecule has 1 saturated carbocycles. The van der Waals surface area contributed by atoms with Crippen molar-refractivity contribution in [3.63, 3.8) is 0 Å². The van der Waals surface area contributed by atoms with Gasteiger partial charge in [-0.2, -0.15) is 13.2 Å². The van der Waals surface area contributed by atoms with E-state index in [1.807, 2.05) is 0 Å². The maximum atomic E-state index is 13.8. The number of amides is 3. The molecule has 4 rings (SSSR count). The minimum absolute atomic E-state index is 0.0952. The summed E-state index contributed by atoms with van der Waals surface area (Å²) < 4.78 is 81.5. The number of likely N-dealkylation sites (tertiary alicyclic amines) is 1. The van der Waals surface area contributed by atoms with Crippen LogP contribution in [0.4, 0.5) is 26.3 Å². The first-order chi connectivity index (χ1) is 18.9. The van der Waals surface area contributed by atoms with Gasteiger partial charge in [0.15, 0.2) is 5.78 Å². The van der Waals surface area contributed by atoms with Crippen LogP contribution in [0.15, 0.2) is 24.3 Å². The van der Waals surface area contributed by atoms with Crippen molar-refractivity contribution < 1.29 is 50.3 Å². The first kappa shape index (κ1) is 30.8. The maximum Gasteiger partial charge on any atom is 0.522 e. The second kappa shape index (κ2) is 10.9. The smallest absolute Gasteiger partial charge is 0.356 e. The highest BCUT2D eigenvalue weighted by atomic mass is 19.4. The highest BCUT2D eigenvalue weighted by Gasteiger charge is 2.57. The number of hydrogen-bond donors (Lipinski definition) is 2. The molecule has 1 aromatic carbocycles. The normalized spacial score (nSPS) is 22.9. The molecule has 2 aliphatic heterocycles. The highest BCUT2D eigenvalue weighted by Crippen LogP contribution is 2.55. The lowest BCUT2D eigenvalue weighted by Gasteiger charge is -2.34. The molecule has 3 fully saturated rings. The molecule has 2 saturated heterocycles. The van der Waals surface area contributed by atoms with Crippen LogP contribution < -0.4 is 10.6 Å². The van der Waals surface area contributed by atoms with E-state index in [4.69, 9.17) is 0 Å². The van der Waals surface area contributed by atoms with Crippen molar-refractivity contribution in [1.29, 1.82) is 0 Å². The summed E-state index contributed by atoms with van der Waals surface area (Å²) in [5, 5.41) is 5.02. The number of ether oxygens (including phenoxy) is 1. The molecular formula is C27H31F6N3O5. The van der Waals surface area contributed by atoms with Gasteiger partial charge in [0.05, 0.1) is 17.0 Å². The van der Waals surface area contributed by atoms with Crippen LogP contribution in [0, 0.1) is 11.3 Å². The minimum Gasteiger partial charge on any atom is -0.356 e. The van der Waals surface area contributed by atoms with Crippen molar-refractivity contribution >= 4 is 23.5 Å². The second-order valence-electron chi connectivity index (χ2n) is 11.6. The van der Waals surface area contributed by atoms with Crippen LogP contribution in [0.2, 0.25) is 0 Å². The molecule has 1 unspecified atom stereocenters. The fourth-order valence-corrected chi connectivity index (χ4v) is 5.56. The van der Waals surface area contributed by atoms with Gasteiger partial charge in [0, 0.05) is 19.0 Å². The van der Waals surface area contributed by atoms with Crippen molar-refractivity contribution in [1.82, 2.24) is 15.5 Å². The average Bonchev–Trinajstić information content (AvgIpc) is 3.35. The van der Waals surface area contributed by atoms with Crippen LogP contribution >= 0.6 is 0 Å². The molecule has 1 aromatic rings. The third-order valence-corrected chi connectivity index (χ3v) is 8.24. The molecule has 3 atom stereocenters. The molecule has 1 spiro atoms. The van der Waals surface area contributed by atoms with E-state index in [1.54, 1.807) is 0 Å². The van der Waals surface area contributed by atoms with E-state index in [1.165, 1.54) is 30.9 Å².